The number of fused-ring (bicyclic) bond motifs is 1. The number of nitrogens with one attached hydrogen (secondary N) is 2. The maximum absolute atomic E-state index is 12.9. The van der Waals surface area contributed by atoms with Crippen molar-refractivity contribution in [2.24, 2.45) is 0 Å². The number of amides is 3. The van der Waals surface area contributed by atoms with Crippen LogP contribution in [-0.4, -0.2) is 31.9 Å². The average molecular weight is 362 g/mol. The molecule has 0 spiro atoms. The fraction of sp³-hybridized carbons (Fsp3) is 0.0625. The van der Waals surface area contributed by atoms with Gasteiger partial charge in [-0.25, -0.2) is 12.8 Å². The number of halogens is 1. The molecule has 9 heteroatoms. The fourth-order valence-electron chi connectivity index (χ4n) is 2.41. The Balaban J connectivity index is 1.81. The lowest BCUT2D eigenvalue weighted by Gasteiger charge is -2.09. The molecule has 1 heterocycles. The van der Waals surface area contributed by atoms with Gasteiger partial charge in [-0.2, -0.15) is 0 Å². The van der Waals surface area contributed by atoms with Crippen LogP contribution in [0.3, 0.4) is 0 Å². The monoisotopic (exact) mass is 362 g/mol. The van der Waals surface area contributed by atoms with Crippen LogP contribution in [0.15, 0.2) is 47.4 Å². The lowest BCUT2D eigenvalue weighted by molar-refractivity contribution is -0.113. The van der Waals surface area contributed by atoms with Crippen LogP contribution in [0.25, 0.3) is 0 Å². The normalized spacial score (nSPS) is 13.3. The summed E-state index contributed by atoms with van der Waals surface area (Å²) in [5.74, 6) is -3.63. The summed E-state index contributed by atoms with van der Waals surface area (Å²) in [6.45, 7) is 0. The van der Waals surface area contributed by atoms with Gasteiger partial charge >= 0.3 is 0 Å². The molecule has 25 heavy (non-hydrogen) atoms. The van der Waals surface area contributed by atoms with E-state index in [1.807, 2.05) is 0 Å². The topological polar surface area (TPSA) is 109 Å². The molecule has 7 nitrogen and oxygen atoms in total. The van der Waals surface area contributed by atoms with Crippen molar-refractivity contribution < 1.29 is 27.2 Å². The summed E-state index contributed by atoms with van der Waals surface area (Å²) < 4.78 is 37.2. The standard InChI is InChI=1S/C16H11FN2O5S/c17-9-4-6-10(7-5-9)25(23,24)8-13(20)18-12-3-1-2-11-14(12)16(22)19-15(11)21/h1-7H,8H2,(H,18,20)(H,19,21,22). The van der Waals surface area contributed by atoms with Crippen molar-refractivity contribution in [1.82, 2.24) is 5.32 Å². The van der Waals surface area contributed by atoms with Gasteiger partial charge in [-0.15, -0.1) is 0 Å². The number of benzene rings is 2. The first-order valence-corrected chi connectivity index (χ1v) is 8.70. The van der Waals surface area contributed by atoms with Gasteiger partial charge in [0.15, 0.2) is 9.84 Å². The highest BCUT2D eigenvalue weighted by Crippen LogP contribution is 2.24. The number of sulfone groups is 1. The number of carbonyl (C=O) groups excluding carboxylic acids is 3. The Hall–Kier alpha value is -3.07. The lowest BCUT2D eigenvalue weighted by Crippen LogP contribution is -2.24. The van der Waals surface area contributed by atoms with Gasteiger partial charge in [0.25, 0.3) is 11.8 Å². The quantitative estimate of drug-likeness (QED) is 0.626. The molecule has 0 atom stereocenters. The van der Waals surface area contributed by atoms with Gasteiger partial charge in [-0.05, 0) is 36.4 Å². The van der Waals surface area contributed by atoms with Crippen LogP contribution in [0.1, 0.15) is 20.7 Å². The average Bonchev–Trinajstić information content (AvgIpc) is 2.83. The van der Waals surface area contributed by atoms with Crippen molar-refractivity contribution in [3.8, 4) is 0 Å². The van der Waals surface area contributed by atoms with Crippen LogP contribution in [0.5, 0.6) is 0 Å². The van der Waals surface area contributed by atoms with Gasteiger partial charge in [0.05, 0.1) is 21.7 Å². The first kappa shape index (κ1) is 16.8. The minimum atomic E-state index is -3.98. The smallest absolute Gasteiger partial charge is 0.261 e. The summed E-state index contributed by atoms with van der Waals surface area (Å²) in [7, 11) is -3.98. The van der Waals surface area contributed by atoms with Crippen molar-refractivity contribution in [2.75, 3.05) is 11.1 Å². The number of anilines is 1. The minimum Gasteiger partial charge on any atom is -0.324 e. The highest BCUT2D eigenvalue weighted by Gasteiger charge is 2.30. The number of hydrogen-bond donors (Lipinski definition) is 2. The van der Waals surface area contributed by atoms with Gasteiger partial charge in [0.2, 0.25) is 5.91 Å². The summed E-state index contributed by atoms with van der Waals surface area (Å²) in [5, 5.41) is 4.42. The molecular weight excluding hydrogens is 351 g/mol. The molecule has 2 aromatic rings. The third kappa shape index (κ3) is 3.26. The van der Waals surface area contributed by atoms with E-state index in [4.69, 9.17) is 0 Å². The summed E-state index contributed by atoms with van der Waals surface area (Å²) >= 11 is 0. The molecule has 0 aromatic heterocycles. The fourth-order valence-corrected chi connectivity index (χ4v) is 3.54. The molecule has 1 aliphatic heterocycles. The van der Waals surface area contributed by atoms with E-state index >= 15 is 0 Å². The zero-order valence-electron chi connectivity index (χ0n) is 12.6. The molecule has 3 amide bonds. The van der Waals surface area contributed by atoms with Gasteiger partial charge in [0.1, 0.15) is 11.6 Å². The van der Waals surface area contributed by atoms with Gasteiger partial charge < -0.3 is 5.32 Å². The molecule has 0 radical (unpaired) electrons. The van der Waals surface area contributed by atoms with Gasteiger partial charge in [0, 0.05) is 0 Å². The Labute approximate surface area is 141 Å². The van der Waals surface area contributed by atoms with E-state index < -0.39 is 39.1 Å². The SMILES string of the molecule is O=C(CS(=O)(=O)c1ccc(F)cc1)Nc1cccc2c1C(=O)NC2=O. The summed E-state index contributed by atoms with van der Waals surface area (Å²) in [5.41, 5.74) is 0.129. The zero-order chi connectivity index (χ0) is 18.2. The second-order valence-corrected chi connectivity index (χ2v) is 7.26. The molecular formula is C16H11FN2O5S. The van der Waals surface area contributed by atoms with Crippen molar-refractivity contribution in [3.63, 3.8) is 0 Å². The van der Waals surface area contributed by atoms with Crippen molar-refractivity contribution >= 4 is 33.2 Å². The van der Waals surface area contributed by atoms with Crippen LogP contribution >= 0.6 is 0 Å². The van der Waals surface area contributed by atoms with Gasteiger partial charge in [-0.3, -0.25) is 19.7 Å². The molecule has 2 aromatic carbocycles. The molecule has 0 aliphatic carbocycles. The molecule has 0 unspecified atom stereocenters. The van der Waals surface area contributed by atoms with Crippen LogP contribution < -0.4 is 10.6 Å². The van der Waals surface area contributed by atoms with Crippen molar-refractivity contribution in [2.45, 2.75) is 4.90 Å². The maximum atomic E-state index is 12.9. The Morgan fingerprint density at radius 1 is 1.04 bits per heavy atom. The van der Waals surface area contributed by atoms with Crippen LogP contribution in [0.2, 0.25) is 0 Å². The zero-order valence-corrected chi connectivity index (χ0v) is 13.4. The van der Waals surface area contributed by atoms with Crippen LogP contribution in [0.4, 0.5) is 10.1 Å². The number of rotatable bonds is 4. The lowest BCUT2D eigenvalue weighted by atomic mass is 10.1. The Bertz CT molecular complexity index is 1000. The van der Waals surface area contributed by atoms with E-state index in [1.165, 1.54) is 18.2 Å². The Kier molecular flexibility index (Phi) is 4.09. The highest BCUT2D eigenvalue weighted by atomic mass is 32.2. The summed E-state index contributed by atoms with van der Waals surface area (Å²) in [6.07, 6.45) is 0. The largest absolute Gasteiger partial charge is 0.324 e. The number of imide groups is 1. The predicted molar refractivity (Wildman–Crippen MR) is 85.3 cm³/mol. The van der Waals surface area contributed by atoms with Gasteiger partial charge in [-0.1, -0.05) is 6.07 Å². The number of carbonyl (C=O) groups is 3. The molecule has 3 rings (SSSR count). The van der Waals surface area contributed by atoms with Crippen LogP contribution in [0, 0.1) is 5.82 Å². The highest BCUT2D eigenvalue weighted by molar-refractivity contribution is 7.92. The summed E-state index contributed by atoms with van der Waals surface area (Å²) in [4.78, 5) is 35.2. The maximum Gasteiger partial charge on any atom is 0.261 e. The van der Waals surface area contributed by atoms with E-state index in [1.54, 1.807) is 0 Å². The van der Waals surface area contributed by atoms with E-state index in [2.05, 4.69) is 10.6 Å². The summed E-state index contributed by atoms with van der Waals surface area (Å²) in [6, 6.07) is 8.34. The molecule has 128 valence electrons. The van der Waals surface area contributed by atoms with Crippen LogP contribution in [-0.2, 0) is 14.6 Å². The van der Waals surface area contributed by atoms with Crippen molar-refractivity contribution in [1.29, 1.82) is 0 Å². The minimum absolute atomic E-state index is 0.0139. The van der Waals surface area contributed by atoms with E-state index in [-0.39, 0.29) is 21.7 Å². The first-order chi connectivity index (χ1) is 11.8. The third-order valence-electron chi connectivity index (χ3n) is 3.53. The van der Waals surface area contributed by atoms with Crippen molar-refractivity contribution in [3.05, 3.63) is 59.4 Å². The third-order valence-corrected chi connectivity index (χ3v) is 5.16. The van der Waals surface area contributed by atoms with E-state index in [0.29, 0.717) is 0 Å². The molecule has 0 saturated heterocycles. The molecule has 0 fully saturated rings. The second kappa shape index (κ2) is 6.10. The molecule has 0 bridgehead atoms. The Morgan fingerprint density at radius 2 is 1.72 bits per heavy atom. The second-order valence-electron chi connectivity index (χ2n) is 5.27. The molecule has 1 aliphatic rings. The predicted octanol–water partition coefficient (Wildman–Crippen LogP) is 1.12. The molecule has 2 N–H and O–H groups in total. The first-order valence-electron chi connectivity index (χ1n) is 7.05. The number of hydrogen-bond acceptors (Lipinski definition) is 5. The van der Waals surface area contributed by atoms with E-state index in [0.717, 1.165) is 24.3 Å². The Morgan fingerprint density at radius 3 is 2.40 bits per heavy atom. The van der Waals surface area contributed by atoms with E-state index in [9.17, 15) is 27.2 Å². The molecule has 0 saturated carbocycles.